The Balaban J connectivity index is 1.07. The molecule has 0 aromatic heterocycles. The summed E-state index contributed by atoms with van der Waals surface area (Å²) in [4.78, 5) is 19.1. The van der Waals surface area contributed by atoms with Gasteiger partial charge in [-0.2, -0.15) is 0 Å². The fourth-order valence-electron chi connectivity index (χ4n) is 15.0. The van der Waals surface area contributed by atoms with Crippen molar-refractivity contribution < 1.29 is 29.2 Å². The predicted octanol–water partition coefficient (Wildman–Crippen LogP) is 3.24. The van der Waals surface area contributed by atoms with Crippen LogP contribution in [0.4, 0.5) is 11.4 Å². The largest absolute Gasteiger partial charge is 0.466 e. The van der Waals surface area contributed by atoms with Crippen LogP contribution >= 0.6 is 0 Å². The molecule has 0 amide bonds. The normalized spacial score (nSPS) is 49.3. The lowest BCUT2D eigenvalue weighted by Crippen LogP contribution is -2.76. The van der Waals surface area contributed by atoms with Gasteiger partial charge in [-0.05, 0) is 68.3 Å². The van der Waals surface area contributed by atoms with E-state index in [0.717, 1.165) is 55.8 Å². The first-order valence-electron chi connectivity index (χ1n) is 19.0. The third kappa shape index (κ3) is 2.81. The Morgan fingerprint density at radius 3 is 2.68 bits per heavy atom. The Hall–Kier alpha value is -2.99. The molecular weight excluding hydrogens is 632 g/mol. The monoisotopic (exact) mass is 678 g/mol. The Bertz CT molecular complexity index is 1940. The minimum Gasteiger partial charge on any atom is -0.466 e. The molecule has 12 atom stereocenters. The van der Waals surface area contributed by atoms with Crippen molar-refractivity contribution in [2.24, 2.45) is 11.3 Å². The molecule has 12 unspecified atom stereocenters. The number of carbonyl (C=O) groups is 1. The highest BCUT2D eigenvalue weighted by molar-refractivity contribution is 5.93. The number of hydrogen-bond acceptors (Lipinski definition) is 10. The quantitative estimate of drug-likeness (QED) is 0.284. The van der Waals surface area contributed by atoms with Crippen molar-refractivity contribution in [2.75, 3.05) is 44.0 Å². The molecule has 10 aliphatic rings. The summed E-state index contributed by atoms with van der Waals surface area (Å²) >= 11 is 0. The van der Waals surface area contributed by atoms with Gasteiger partial charge in [-0.25, -0.2) is 4.79 Å². The molecule has 8 heterocycles. The third-order valence-electron chi connectivity index (χ3n) is 16.3. The van der Waals surface area contributed by atoms with E-state index in [-0.39, 0.29) is 53.6 Å². The van der Waals surface area contributed by atoms with E-state index in [9.17, 15) is 15.0 Å². The van der Waals surface area contributed by atoms with E-state index in [1.807, 2.05) is 12.1 Å². The number of nitrogens with one attached hydrogen (secondary N) is 2. The molecule has 10 heteroatoms. The van der Waals surface area contributed by atoms with Gasteiger partial charge < -0.3 is 35.1 Å². The molecule has 10 nitrogen and oxygen atoms in total. The van der Waals surface area contributed by atoms with Gasteiger partial charge in [0.15, 0.2) is 5.72 Å². The Kier molecular flexibility index (Phi) is 5.30. The molecule has 4 spiro atoms. The fourth-order valence-corrected chi connectivity index (χ4v) is 15.0. The molecule has 262 valence electrons. The molecule has 8 aliphatic heterocycles. The van der Waals surface area contributed by atoms with Gasteiger partial charge in [0.05, 0.1) is 53.0 Å². The average Bonchev–Trinajstić information content (AvgIpc) is 3.34. The van der Waals surface area contributed by atoms with Crippen molar-refractivity contribution in [2.45, 2.75) is 110 Å². The number of aliphatic hydroxyl groups is 2. The number of aliphatic hydroxyl groups excluding tert-OH is 2. The SMILES string of the molecule is CCC12CC34CC(C(=O)OC)=C5Nc6ccccc6C5(CCN3C1C1CC3(CCO)C5OC5CN5CCC6(c7ccccc7NC16O2)C53)C4O. The average molecular weight is 679 g/mol. The van der Waals surface area contributed by atoms with Gasteiger partial charge in [0.2, 0.25) is 0 Å². The van der Waals surface area contributed by atoms with Gasteiger partial charge in [0, 0.05) is 66.6 Å². The minimum absolute atomic E-state index is 0.00735. The number of piperidine rings is 2. The zero-order valence-electron chi connectivity index (χ0n) is 28.8. The number of ether oxygens (including phenoxy) is 3. The highest BCUT2D eigenvalue weighted by atomic mass is 16.6. The molecule has 6 saturated heterocycles. The predicted molar refractivity (Wildman–Crippen MR) is 183 cm³/mol. The van der Waals surface area contributed by atoms with Gasteiger partial charge in [-0.15, -0.1) is 0 Å². The molecule has 2 aliphatic carbocycles. The maximum absolute atomic E-state index is 13.8. The number of hydrogen-bond donors (Lipinski definition) is 4. The van der Waals surface area contributed by atoms with Crippen LogP contribution in [0.1, 0.15) is 63.0 Å². The van der Waals surface area contributed by atoms with Crippen molar-refractivity contribution in [1.29, 1.82) is 0 Å². The molecular formula is C40H46N4O6. The maximum atomic E-state index is 13.8. The molecule has 2 bridgehead atoms. The summed E-state index contributed by atoms with van der Waals surface area (Å²) in [6.07, 6.45) is 4.72. The first-order chi connectivity index (χ1) is 24.3. The van der Waals surface area contributed by atoms with Crippen LogP contribution in [-0.2, 0) is 29.8 Å². The van der Waals surface area contributed by atoms with Crippen molar-refractivity contribution in [3.05, 3.63) is 70.9 Å². The van der Waals surface area contributed by atoms with E-state index < -0.39 is 28.4 Å². The molecule has 1 saturated carbocycles. The highest BCUT2D eigenvalue weighted by Crippen LogP contribution is 2.78. The molecule has 0 radical (unpaired) electrons. The fraction of sp³-hybridized carbons (Fsp3) is 0.625. The second kappa shape index (κ2) is 8.96. The van der Waals surface area contributed by atoms with Crippen LogP contribution in [0.25, 0.3) is 0 Å². The van der Waals surface area contributed by atoms with E-state index >= 15 is 0 Å². The standard InChI is InChI=1S/C40H46N4O6/c1-3-37-21-36-18-22(32(46)48-2)29-38(34(36)47,23-8-4-6-10-26(23)41-29)12-16-44(36)30(37)25-19-35(14-17-45)31-28(49-31)20-43-15-13-39(33(35)43)24-9-5-7-11-27(24)42-40(25,39)50-37/h4-11,25,28,30-31,33-34,41-42,45,47H,3,12-21H2,1-2H3. The summed E-state index contributed by atoms with van der Waals surface area (Å²) < 4.78 is 20.1. The van der Waals surface area contributed by atoms with Crippen molar-refractivity contribution in [3.63, 3.8) is 0 Å². The second-order valence-electron chi connectivity index (χ2n) is 17.4. The molecule has 12 rings (SSSR count). The molecule has 2 aromatic carbocycles. The number of epoxide rings is 1. The van der Waals surface area contributed by atoms with Gasteiger partial charge in [0.1, 0.15) is 0 Å². The van der Waals surface area contributed by atoms with Crippen LogP contribution in [0.15, 0.2) is 59.8 Å². The lowest BCUT2D eigenvalue weighted by molar-refractivity contribution is -0.196. The van der Waals surface area contributed by atoms with Crippen LogP contribution in [0.5, 0.6) is 0 Å². The minimum atomic E-state index is -0.741. The van der Waals surface area contributed by atoms with Crippen LogP contribution in [-0.4, -0.2) is 107 Å². The number of benzene rings is 2. The summed E-state index contributed by atoms with van der Waals surface area (Å²) in [7, 11) is 1.47. The lowest BCUT2D eigenvalue weighted by Gasteiger charge is -2.64. The Morgan fingerprint density at radius 2 is 1.88 bits per heavy atom. The summed E-state index contributed by atoms with van der Waals surface area (Å²) in [5.74, 6) is -0.251. The van der Waals surface area contributed by atoms with E-state index in [2.05, 4.69) is 63.8 Å². The highest BCUT2D eigenvalue weighted by Gasteiger charge is 2.87. The summed E-state index contributed by atoms with van der Waals surface area (Å²) in [5.41, 5.74) is 2.88. The summed E-state index contributed by atoms with van der Waals surface area (Å²) in [6, 6.07) is 17.3. The van der Waals surface area contributed by atoms with Crippen molar-refractivity contribution >= 4 is 17.3 Å². The van der Waals surface area contributed by atoms with Crippen LogP contribution < -0.4 is 10.6 Å². The number of carbonyl (C=O) groups excluding carboxylic acids is 1. The molecule has 50 heavy (non-hydrogen) atoms. The number of fused-ring (bicyclic) bond motifs is 7. The zero-order valence-corrected chi connectivity index (χ0v) is 28.8. The van der Waals surface area contributed by atoms with Crippen LogP contribution in [0, 0.1) is 11.3 Å². The van der Waals surface area contributed by atoms with Gasteiger partial charge in [-0.1, -0.05) is 43.3 Å². The molecule has 2 aromatic rings. The molecule has 4 N–H and O–H groups in total. The summed E-state index contributed by atoms with van der Waals surface area (Å²) in [6.45, 7) is 5.11. The number of nitrogens with zero attached hydrogens (tertiary/aromatic N) is 2. The van der Waals surface area contributed by atoms with E-state index in [0.29, 0.717) is 31.3 Å². The first-order valence-corrected chi connectivity index (χ1v) is 19.0. The van der Waals surface area contributed by atoms with E-state index in [1.165, 1.54) is 18.4 Å². The number of esters is 1. The molecule has 7 fully saturated rings. The van der Waals surface area contributed by atoms with E-state index in [1.54, 1.807) is 0 Å². The Morgan fingerprint density at radius 1 is 1.08 bits per heavy atom. The van der Waals surface area contributed by atoms with Crippen molar-refractivity contribution in [1.82, 2.24) is 9.80 Å². The topological polar surface area (TPSA) is 119 Å². The zero-order chi connectivity index (χ0) is 33.6. The smallest absolute Gasteiger partial charge is 0.335 e. The summed E-state index contributed by atoms with van der Waals surface area (Å²) in [5, 5.41) is 31.7. The maximum Gasteiger partial charge on any atom is 0.335 e. The third-order valence-corrected chi connectivity index (χ3v) is 16.3. The van der Waals surface area contributed by atoms with Crippen LogP contribution in [0.2, 0.25) is 0 Å². The van der Waals surface area contributed by atoms with Crippen molar-refractivity contribution in [3.8, 4) is 0 Å². The number of para-hydroxylation sites is 2. The van der Waals surface area contributed by atoms with Gasteiger partial charge in [0.25, 0.3) is 0 Å². The first kappa shape index (κ1) is 29.6. The number of anilines is 2. The van der Waals surface area contributed by atoms with Gasteiger partial charge in [-0.3, -0.25) is 9.80 Å². The van der Waals surface area contributed by atoms with Gasteiger partial charge >= 0.3 is 5.97 Å². The Labute approximate surface area is 292 Å². The lowest BCUT2D eigenvalue weighted by atomic mass is 9.47. The van der Waals surface area contributed by atoms with E-state index in [4.69, 9.17) is 14.2 Å². The number of methoxy groups -OCH3 is 1. The second-order valence-corrected chi connectivity index (χ2v) is 17.4. The number of rotatable bonds is 4. The van der Waals surface area contributed by atoms with Crippen LogP contribution in [0.3, 0.4) is 0 Å².